The van der Waals surface area contributed by atoms with Gasteiger partial charge in [-0.15, -0.1) is 0 Å². The van der Waals surface area contributed by atoms with Gasteiger partial charge in [-0.3, -0.25) is 28.8 Å². The molecule has 1 fully saturated rings. The van der Waals surface area contributed by atoms with E-state index in [-0.39, 0.29) is 30.1 Å². The van der Waals surface area contributed by atoms with E-state index in [9.17, 15) is 33.9 Å². The molecule has 1 aliphatic heterocycles. The number of primary amides is 1. The van der Waals surface area contributed by atoms with Crippen molar-refractivity contribution in [2.75, 3.05) is 30.4 Å². The first-order valence-electron chi connectivity index (χ1n) is 15.9. The van der Waals surface area contributed by atoms with E-state index in [1.807, 2.05) is 20.8 Å². The fourth-order valence-electron chi connectivity index (χ4n) is 5.29. The molecule has 6 N–H and O–H groups in total. The number of benzene rings is 2. The summed E-state index contributed by atoms with van der Waals surface area (Å²) in [7, 11) is 1.62. The number of amides is 6. The van der Waals surface area contributed by atoms with Gasteiger partial charge in [0.15, 0.2) is 12.7 Å². The molecule has 2 aromatic carbocycles. The predicted molar refractivity (Wildman–Crippen MR) is 186 cm³/mol. The Morgan fingerprint density at radius 1 is 1.04 bits per heavy atom. The number of nitrogens with zero attached hydrogens (tertiary/aromatic N) is 2. The molecule has 0 radical (unpaired) electrons. The van der Waals surface area contributed by atoms with E-state index >= 15 is 0 Å². The molecule has 0 saturated carbocycles. The van der Waals surface area contributed by atoms with E-state index in [2.05, 4.69) is 31.9 Å². The topological polar surface area (TPSA) is 200 Å². The number of ether oxygens (including phenoxy) is 1. The second-order valence-electron chi connectivity index (χ2n) is 12.8. The van der Waals surface area contributed by atoms with Gasteiger partial charge in [0.1, 0.15) is 17.8 Å². The first-order chi connectivity index (χ1) is 23.1. The molecular weight excluding hydrogens is 700 g/mol. The highest BCUT2D eigenvalue weighted by atomic mass is 79.9. The van der Waals surface area contributed by atoms with Gasteiger partial charge in [-0.25, -0.2) is 0 Å². The van der Waals surface area contributed by atoms with Crippen molar-refractivity contribution in [3.8, 4) is 5.75 Å². The van der Waals surface area contributed by atoms with Gasteiger partial charge in [0.25, 0.3) is 11.8 Å². The van der Waals surface area contributed by atoms with Crippen molar-refractivity contribution in [2.45, 2.75) is 76.2 Å². The molecule has 1 aliphatic rings. The van der Waals surface area contributed by atoms with Crippen LogP contribution in [0.2, 0.25) is 0 Å². The standard InChI is InChI=1S/C34H45BrN6O8/c1-34(2,3)39-32(47)26-11-8-16-41(26)33(48)30(45)24(17-21-9-6-5-7-10-21)38-31(46)25(18-27(36)42)37-28(43)20-49-23-14-12-22(13-15-23)40(4)29(44)19-35/h5-7,9-10,12-15,24-26,30,45H,8,11,16-20H2,1-4H3,(H2,36,42)(H,37,43)(H,38,46)(H,39,47)/t24-,25-,26-,30-/m0/s1. The van der Waals surface area contributed by atoms with Gasteiger partial charge >= 0.3 is 0 Å². The number of aliphatic hydroxyl groups excluding tert-OH is 1. The van der Waals surface area contributed by atoms with E-state index in [0.29, 0.717) is 29.8 Å². The van der Waals surface area contributed by atoms with Crippen LogP contribution in [0.1, 0.15) is 45.6 Å². The van der Waals surface area contributed by atoms with E-state index in [1.54, 1.807) is 61.6 Å². The zero-order valence-corrected chi connectivity index (χ0v) is 29.7. The van der Waals surface area contributed by atoms with Crippen LogP contribution in [0.25, 0.3) is 0 Å². The maximum absolute atomic E-state index is 13.7. The molecule has 14 nitrogen and oxygen atoms in total. The van der Waals surface area contributed by atoms with Crippen LogP contribution in [0.3, 0.4) is 0 Å². The summed E-state index contributed by atoms with van der Waals surface area (Å²) >= 11 is 3.12. The average Bonchev–Trinajstić information content (AvgIpc) is 3.55. The van der Waals surface area contributed by atoms with Crippen molar-refractivity contribution in [2.24, 2.45) is 5.73 Å². The summed E-state index contributed by atoms with van der Waals surface area (Å²) in [6.45, 7) is 5.21. The number of nitrogens with two attached hydrogens (primary N) is 1. The minimum atomic E-state index is -1.76. The summed E-state index contributed by atoms with van der Waals surface area (Å²) in [5, 5.41) is 19.5. The molecular formula is C34H45BrN6O8. The SMILES string of the molecule is CN(C(=O)CBr)c1ccc(OCC(=O)N[C@@H](CC(N)=O)C(=O)N[C@@H](Cc2ccccc2)[C@H](O)C(=O)N2CCC[C@H]2C(=O)NC(C)(C)C)cc1. The second-order valence-corrected chi connectivity index (χ2v) is 13.4. The fraction of sp³-hybridized carbons (Fsp3) is 0.471. The Kier molecular flexibility index (Phi) is 14.1. The Morgan fingerprint density at radius 2 is 1.69 bits per heavy atom. The van der Waals surface area contributed by atoms with E-state index in [0.717, 1.165) is 0 Å². The lowest BCUT2D eigenvalue weighted by Gasteiger charge is -2.32. The monoisotopic (exact) mass is 744 g/mol. The van der Waals surface area contributed by atoms with Crippen molar-refractivity contribution in [1.29, 1.82) is 0 Å². The van der Waals surface area contributed by atoms with Crippen molar-refractivity contribution in [3.63, 3.8) is 0 Å². The summed E-state index contributed by atoms with van der Waals surface area (Å²) in [4.78, 5) is 79.6. The normalized spacial score (nSPS) is 16.1. The summed E-state index contributed by atoms with van der Waals surface area (Å²) < 4.78 is 5.53. The molecule has 266 valence electrons. The Hall–Kier alpha value is -4.50. The van der Waals surface area contributed by atoms with Crippen molar-refractivity contribution < 1.29 is 38.6 Å². The van der Waals surface area contributed by atoms with Crippen LogP contribution >= 0.6 is 15.9 Å². The largest absolute Gasteiger partial charge is 0.484 e. The lowest BCUT2D eigenvalue weighted by molar-refractivity contribution is -0.147. The van der Waals surface area contributed by atoms with Crippen LogP contribution in [0.5, 0.6) is 5.75 Å². The number of likely N-dealkylation sites (tertiary alicyclic amines) is 1. The van der Waals surface area contributed by atoms with Crippen LogP contribution in [0.15, 0.2) is 54.6 Å². The molecule has 1 saturated heterocycles. The van der Waals surface area contributed by atoms with Gasteiger partial charge < -0.3 is 41.3 Å². The maximum atomic E-state index is 13.7. The number of carbonyl (C=O) groups is 6. The highest BCUT2D eigenvalue weighted by Crippen LogP contribution is 2.22. The lowest BCUT2D eigenvalue weighted by atomic mass is 9.99. The van der Waals surface area contributed by atoms with Crippen LogP contribution < -0.4 is 31.3 Å². The number of anilines is 1. The molecule has 15 heteroatoms. The highest BCUT2D eigenvalue weighted by Gasteiger charge is 2.41. The Labute approximate surface area is 294 Å². The molecule has 0 aliphatic carbocycles. The van der Waals surface area contributed by atoms with Crippen molar-refractivity contribution >= 4 is 57.1 Å². The number of hydrogen-bond acceptors (Lipinski definition) is 8. The first-order valence-corrected chi connectivity index (χ1v) is 17.0. The number of halogens is 1. The fourth-order valence-corrected chi connectivity index (χ4v) is 5.66. The van der Waals surface area contributed by atoms with Gasteiger partial charge in [0.05, 0.1) is 17.8 Å². The molecule has 0 aromatic heterocycles. The molecule has 0 spiro atoms. The number of hydrogen-bond donors (Lipinski definition) is 5. The van der Waals surface area contributed by atoms with Crippen molar-refractivity contribution in [1.82, 2.24) is 20.9 Å². The van der Waals surface area contributed by atoms with Crippen LogP contribution in [-0.2, 0) is 35.2 Å². The number of carbonyl (C=O) groups excluding carboxylic acids is 6. The third-order valence-corrected chi connectivity index (χ3v) is 8.22. The van der Waals surface area contributed by atoms with Gasteiger partial charge in [-0.2, -0.15) is 0 Å². The number of aliphatic hydroxyl groups is 1. The number of nitrogens with one attached hydrogen (secondary N) is 3. The molecule has 2 aromatic rings. The van der Waals surface area contributed by atoms with Gasteiger partial charge in [-0.05, 0) is 69.9 Å². The third-order valence-electron chi connectivity index (χ3n) is 7.74. The minimum Gasteiger partial charge on any atom is -0.484 e. The zero-order valence-electron chi connectivity index (χ0n) is 28.1. The highest BCUT2D eigenvalue weighted by molar-refractivity contribution is 9.09. The van der Waals surface area contributed by atoms with E-state index < -0.39 is 66.4 Å². The number of alkyl halides is 1. The Bertz CT molecular complexity index is 1480. The smallest absolute Gasteiger partial charge is 0.258 e. The molecule has 6 amide bonds. The summed E-state index contributed by atoms with van der Waals surface area (Å²) in [6, 6.07) is 11.8. The van der Waals surface area contributed by atoms with Crippen molar-refractivity contribution in [3.05, 3.63) is 60.2 Å². The Morgan fingerprint density at radius 3 is 2.29 bits per heavy atom. The van der Waals surface area contributed by atoms with Gasteiger partial charge in [0.2, 0.25) is 23.6 Å². The molecule has 1 heterocycles. The summed E-state index contributed by atoms with van der Waals surface area (Å²) in [5.74, 6) is -3.38. The average molecular weight is 746 g/mol. The molecule has 0 unspecified atom stereocenters. The molecule has 49 heavy (non-hydrogen) atoms. The maximum Gasteiger partial charge on any atom is 0.258 e. The van der Waals surface area contributed by atoms with E-state index in [4.69, 9.17) is 10.5 Å². The van der Waals surface area contributed by atoms with Gasteiger partial charge in [-0.1, -0.05) is 46.3 Å². The first kappa shape index (κ1) is 38.9. The second kappa shape index (κ2) is 17.8. The van der Waals surface area contributed by atoms with Gasteiger partial charge in [0, 0.05) is 24.8 Å². The summed E-state index contributed by atoms with van der Waals surface area (Å²) in [5.41, 5.74) is 6.17. The number of rotatable bonds is 15. The molecule has 0 bridgehead atoms. The molecule has 3 rings (SSSR count). The zero-order chi connectivity index (χ0) is 36.3. The van der Waals surface area contributed by atoms with Crippen LogP contribution in [0, 0.1) is 0 Å². The summed E-state index contributed by atoms with van der Waals surface area (Å²) in [6.07, 6.45) is -1.32. The minimum absolute atomic E-state index is 0.0267. The Balaban J connectivity index is 1.73. The third kappa shape index (κ3) is 11.9. The lowest BCUT2D eigenvalue weighted by Crippen LogP contribution is -2.59. The predicted octanol–water partition coefficient (Wildman–Crippen LogP) is 0.777. The van der Waals surface area contributed by atoms with E-state index in [1.165, 1.54) is 9.80 Å². The van der Waals surface area contributed by atoms with Crippen LogP contribution in [0.4, 0.5) is 5.69 Å². The van der Waals surface area contributed by atoms with Crippen LogP contribution in [-0.4, -0.2) is 101 Å². The molecule has 4 atom stereocenters. The quantitative estimate of drug-likeness (QED) is 0.165.